The molecule has 1 saturated heterocycles. The first-order chi connectivity index (χ1) is 12.0. The summed E-state index contributed by atoms with van der Waals surface area (Å²) in [5, 5.41) is 0.0829. The van der Waals surface area contributed by atoms with Crippen LogP contribution in [-0.2, 0) is 4.74 Å². The van der Waals surface area contributed by atoms with E-state index in [1.165, 1.54) is 6.07 Å². The van der Waals surface area contributed by atoms with Crippen LogP contribution in [-0.4, -0.2) is 53.6 Å². The summed E-state index contributed by atoms with van der Waals surface area (Å²) in [7, 11) is 1.68. The van der Waals surface area contributed by atoms with Gasteiger partial charge in [-0.1, -0.05) is 11.6 Å². The number of hydrogen-bond donors (Lipinski definition) is 0. The number of carbonyl (C=O) groups is 2. The molecule has 0 aromatic heterocycles. The van der Waals surface area contributed by atoms with E-state index in [9.17, 15) is 14.0 Å². The van der Waals surface area contributed by atoms with E-state index in [-0.39, 0.29) is 28.6 Å². The fourth-order valence-electron chi connectivity index (χ4n) is 2.81. The summed E-state index contributed by atoms with van der Waals surface area (Å²) in [6, 6.07) is 2.45. The number of piperidine rings is 1. The first-order valence-electron chi connectivity index (χ1n) is 8.39. The van der Waals surface area contributed by atoms with Gasteiger partial charge in [0, 0.05) is 29.7 Å². The van der Waals surface area contributed by atoms with Crippen LogP contribution in [0.3, 0.4) is 0 Å². The molecule has 1 aliphatic rings. The molecule has 1 aromatic carbocycles. The molecular weight excluding hydrogens is 474 g/mol. The molecule has 144 valence electrons. The molecule has 1 aromatic rings. The van der Waals surface area contributed by atoms with Crippen molar-refractivity contribution < 1.29 is 18.7 Å². The number of nitrogens with zero attached hydrogens (tertiary/aromatic N) is 2. The second-order valence-corrected chi connectivity index (χ2v) is 8.95. The molecule has 0 radical (unpaired) electrons. The van der Waals surface area contributed by atoms with E-state index in [2.05, 4.69) is 0 Å². The molecule has 2 rings (SSSR count). The van der Waals surface area contributed by atoms with Gasteiger partial charge in [-0.05, 0) is 68.3 Å². The quantitative estimate of drug-likeness (QED) is 0.446. The largest absolute Gasteiger partial charge is 0.444 e. The molecule has 1 fully saturated rings. The monoisotopic (exact) mass is 496 g/mol. The van der Waals surface area contributed by atoms with E-state index in [0.717, 1.165) is 18.9 Å². The van der Waals surface area contributed by atoms with Crippen molar-refractivity contribution in [2.45, 2.75) is 45.3 Å². The normalized spacial score (nSPS) is 17.8. The maximum atomic E-state index is 13.6. The number of halogens is 3. The zero-order chi connectivity index (χ0) is 19.6. The maximum absolute atomic E-state index is 13.6. The summed E-state index contributed by atoms with van der Waals surface area (Å²) in [5.41, 5.74) is -0.307. The minimum Gasteiger partial charge on any atom is -0.444 e. The Kier molecular flexibility index (Phi) is 6.76. The Hall–Kier alpha value is -1.09. The zero-order valence-corrected chi connectivity index (χ0v) is 18.2. The number of hydrogen-bond acceptors (Lipinski definition) is 3. The first kappa shape index (κ1) is 21.2. The minimum absolute atomic E-state index is 0.0829. The lowest BCUT2D eigenvalue weighted by atomic mass is 10.0. The number of likely N-dealkylation sites (tertiary alicyclic amines) is 1. The molecule has 0 N–H and O–H groups in total. The number of benzene rings is 1. The highest BCUT2D eigenvalue weighted by atomic mass is 127. The van der Waals surface area contributed by atoms with Crippen LogP contribution in [0.5, 0.6) is 0 Å². The average Bonchev–Trinajstić information content (AvgIpc) is 2.55. The number of amides is 2. The van der Waals surface area contributed by atoms with Crippen LogP contribution in [0.4, 0.5) is 9.18 Å². The van der Waals surface area contributed by atoms with Crippen molar-refractivity contribution in [3.63, 3.8) is 0 Å². The van der Waals surface area contributed by atoms with Gasteiger partial charge in [-0.25, -0.2) is 9.18 Å². The van der Waals surface area contributed by atoms with E-state index in [1.54, 1.807) is 16.8 Å². The van der Waals surface area contributed by atoms with Gasteiger partial charge in [0.25, 0.3) is 5.91 Å². The number of ether oxygens (including phenoxy) is 1. The molecule has 26 heavy (non-hydrogen) atoms. The van der Waals surface area contributed by atoms with Crippen LogP contribution in [0.2, 0.25) is 5.02 Å². The van der Waals surface area contributed by atoms with E-state index >= 15 is 0 Å². The number of rotatable bonds is 2. The van der Waals surface area contributed by atoms with Crippen molar-refractivity contribution in [3.05, 3.63) is 32.1 Å². The van der Waals surface area contributed by atoms with Crippen molar-refractivity contribution in [3.8, 4) is 0 Å². The third-order valence-electron chi connectivity index (χ3n) is 4.16. The van der Waals surface area contributed by atoms with Crippen molar-refractivity contribution in [2.24, 2.45) is 0 Å². The molecule has 1 aliphatic heterocycles. The Balaban J connectivity index is 2.11. The third-order valence-corrected chi connectivity index (χ3v) is 5.30. The molecule has 1 heterocycles. The highest BCUT2D eigenvalue weighted by molar-refractivity contribution is 14.1. The van der Waals surface area contributed by atoms with Gasteiger partial charge in [0.05, 0.1) is 10.6 Å². The Morgan fingerprint density at radius 3 is 2.65 bits per heavy atom. The zero-order valence-electron chi connectivity index (χ0n) is 15.3. The summed E-state index contributed by atoms with van der Waals surface area (Å²) in [6.07, 6.45) is 1.17. The van der Waals surface area contributed by atoms with Crippen molar-refractivity contribution >= 4 is 46.2 Å². The van der Waals surface area contributed by atoms with Crippen molar-refractivity contribution in [1.29, 1.82) is 0 Å². The summed E-state index contributed by atoms with van der Waals surface area (Å²) in [6.45, 7) is 6.45. The summed E-state index contributed by atoms with van der Waals surface area (Å²) in [5.74, 6) is -0.743. The van der Waals surface area contributed by atoms with E-state index < -0.39 is 11.4 Å². The SMILES string of the molecule is CN(C(=O)c1cc(I)c(F)cc1Cl)[C@@H]1CCCN(C(=O)OC(C)(C)C)C1. The van der Waals surface area contributed by atoms with Gasteiger partial charge < -0.3 is 14.5 Å². The highest BCUT2D eigenvalue weighted by Crippen LogP contribution is 2.25. The molecule has 1 atom stereocenters. The standard InChI is InChI=1S/C18H23ClFIN2O3/c1-18(2,3)26-17(25)23-7-5-6-11(10-23)22(4)16(24)12-8-15(21)14(20)9-13(12)19/h8-9,11H,5-7,10H2,1-4H3/t11-/m1/s1. The predicted octanol–water partition coefficient (Wildman–Crippen LogP) is 4.56. The van der Waals surface area contributed by atoms with Crippen molar-refractivity contribution in [1.82, 2.24) is 9.80 Å². The number of likely N-dealkylation sites (N-methyl/N-ethyl adjacent to an activating group) is 1. The average molecular weight is 497 g/mol. The lowest BCUT2D eigenvalue weighted by molar-refractivity contribution is 0.0123. The fourth-order valence-corrected chi connectivity index (χ4v) is 3.50. The molecule has 8 heteroatoms. The number of carbonyl (C=O) groups excluding carboxylic acids is 2. The maximum Gasteiger partial charge on any atom is 0.410 e. The van der Waals surface area contributed by atoms with E-state index in [1.807, 2.05) is 43.4 Å². The lowest BCUT2D eigenvalue weighted by Gasteiger charge is -2.38. The van der Waals surface area contributed by atoms with E-state index in [4.69, 9.17) is 16.3 Å². The second kappa shape index (κ2) is 8.29. The van der Waals surface area contributed by atoms with Gasteiger partial charge >= 0.3 is 6.09 Å². The molecule has 5 nitrogen and oxygen atoms in total. The first-order valence-corrected chi connectivity index (χ1v) is 9.85. The Morgan fingerprint density at radius 1 is 1.38 bits per heavy atom. The van der Waals surface area contributed by atoms with Gasteiger partial charge in [-0.15, -0.1) is 0 Å². The topological polar surface area (TPSA) is 49.9 Å². The van der Waals surface area contributed by atoms with Crippen LogP contribution in [0.25, 0.3) is 0 Å². The summed E-state index contributed by atoms with van der Waals surface area (Å²) in [4.78, 5) is 28.3. The van der Waals surface area contributed by atoms with Crippen molar-refractivity contribution in [2.75, 3.05) is 20.1 Å². The van der Waals surface area contributed by atoms with E-state index in [0.29, 0.717) is 16.7 Å². The smallest absolute Gasteiger partial charge is 0.410 e. The Morgan fingerprint density at radius 2 is 2.04 bits per heavy atom. The van der Waals surface area contributed by atoms with Crippen LogP contribution < -0.4 is 0 Å². The van der Waals surface area contributed by atoms with Gasteiger partial charge in [-0.3, -0.25) is 4.79 Å². The molecule has 0 spiro atoms. The van der Waals surface area contributed by atoms with Crippen LogP contribution in [0.1, 0.15) is 44.0 Å². The molecule has 2 amide bonds. The van der Waals surface area contributed by atoms with Gasteiger partial charge in [0.1, 0.15) is 11.4 Å². The minimum atomic E-state index is -0.565. The molecule has 0 aliphatic carbocycles. The summed E-state index contributed by atoms with van der Waals surface area (Å²) < 4.78 is 19.3. The summed E-state index contributed by atoms with van der Waals surface area (Å²) >= 11 is 7.88. The fraction of sp³-hybridized carbons (Fsp3) is 0.556. The Bertz CT molecular complexity index is 708. The predicted molar refractivity (Wildman–Crippen MR) is 107 cm³/mol. The second-order valence-electron chi connectivity index (χ2n) is 7.38. The molecular formula is C18H23ClFIN2O3. The lowest BCUT2D eigenvalue weighted by Crippen LogP contribution is -2.51. The van der Waals surface area contributed by atoms with Crippen LogP contribution in [0.15, 0.2) is 12.1 Å². The van der Waals surface area contributed by atoms with Crippen LogP contribution >= 0.6 is 34.2 Å². The van der Waals surface area contributed by atoms with Gasteiger partial charge in [-0.2, -0.15) is 0 Å². The van der Waals surface area contributed by atoms with Gasteiger partial charge in [0.15, 0.2) is 0 Å². The molecule has 0 unspecified atom stereocenters. The van der Waals surface area contributed by atoms with Crippen LogP contribution in [0, 0.1) is 9.39 Å². The Labute approximate surface area is 171 Å². The molecule has 0 saturated carbocycles. The third kappa shape index (κ3) is 5.22. The molecule has 0 bridgehead atoms. The highest BCUT2D eigenvalue weighted by Gasteiger charge is 2.32. The van der Waals surface area contributed by atoms with Gasteiger partial charge in [0.2, 0.25) is 0 Å².